The first-order valence-corrected chi connectivity index (χ1v) is 7.94. The van der Waals surface area contributed by atoms with Gasteiger partial charge in [0, 0.05) is 39.4 Å². The van der Waals surface area contributed by atoms with Crippen LogP contribution >= 0.6 is 0 Å². The number of nitrogens with one attached hydrogen (secondary N) is 1. The van der Waals surface area contributed by atoms with E-state index in [9.17, 15) is 9.90 Å². The van der Waals surface area contributed by atoms with Crippen LogP contribution in [-0.2, 0) is 6.54 Å². The summed E-state index contributed by atoms with van der Waals surface area (Å²) < 4.78 is 0. The van der Waals surface area contributed by atoms with Crippen molar-refractivity contribution in [2.45, 2.75) is 32.4 Å². The Morgan fingerprint density at radius 1 is 1.32 bits per heavy atom. The van der Waals surface area contributed by atoms with Crippen molar-refractivity contribution in [3.8, 4) is 0 Å². The van der Waals surface area contributed by atoms with Crippen molar-refractivity contribution in [2.75, 3.05) is 32.1 Å². The maximum Gasteiger partial charge on any atom is 0.317 e. The van der Waals surface area contributed by atoms with E-state index in [1.807, 2.05) is 38.1 Å². The van der Waals surface area contributed by atoms with Crippen LogP contribution in [0.4, 0.5) is 10.5 Å². The Morgan fingerprint density at radius 3 is 2.41 bits per heavy atom. The van der Waals surface area contributed by atoms with Crippen molar-refractivity contribution in [2.24, 2.45) is 5.92 Å². The van der Waals surface area contributed by atoms with Gasteiger partial charge in [-0.25, -0.2) is 4.79 Å². The quantitative estimate of drug-likeness (QED) is 0.895. The van der Waals surface area contributed by atoms with Crippen molar-refractivity contribution in [1.29, 1.82) is 0 Å². The molecular formula is C17H27N3O2. The van der Waals surface area contributed by atoms with Crippen LogP contribution in [0.15, 0.2) is 24.3 Å². The van der Waals surface area contributed by atoms with Crippen LogP contribution in [0, 0.1) is 5.92 Å². The SMILES string of the molecule is CC(O)C1CCN(C(=O)NCc2ccc(N(C)C)cc2)CC1. The van der Waals surface area contributed by atoms with Crippen LogP contribution in [0.5, 0.6) is 0 Å². The van der Waals surface area contributed by atoms with Crippen LogP contribution in [0.3, 0.4) is 0 Å². The van der Waals surface area contributed by atoms with E-state index in [1.54, 1.807) is 0 Å². The number of benzene rings is 1. The second-order valence-electron chi connectivity index (χ2n) is 6.28. The van der Waals surface area contributed by atoms with E-state index in [0.29, 0.717) is 12.5 Å². The number of carbonyl (C=O) groups is 1. The summed E-state index contributed by atoms with van der Waals surface area (Å²) in [5, 5.41) is 12.6. The molecule has 2 N–H and O–H groups in total. The number of hydrogen-bond acceptors (Lipinski definition) is 3. The summed E-state index contributed by atoms with van der Waals surface area (Å²) in [6.07, 6.45) is 1.48. The fourth-order valence-corrected chi connectivity index (χ4v) is 2.79. The number of urea groups is 1. The van der Waals surface area contributed by atoms with E-state index in [0.717, 1.165) is 37.2 Å². The second kappa shape index (κ2) is 7.49. The molecule has 5 heteroatoms. The van der Waals surface area contributed by atoms with E-state index in [4.69, 9.17) is 0 Å². The van der Waals surface area contributed by atoms with Gasteiger partial charge in [-0.3, -0.25) is 0 Å². The average molecular weight is 305 g/mol. The summed E-state index contributed by atoms with van der Waals surface area (Å²) in [6.45, 7) is 3.82. The highest BCUT2D eigenvalue weighted by molar-refractivity contribution is 5.74. The summed E-state index contributed by atoms with van der Waals surface area (Å²) in [5.41, 5.74) is 2.24. The van der Waals surface area contributed by atoms with Gasteiger partial charge in [-0.2, -0.15) is 0 Å². The number of aliphatic hydroxyl groups excluding tert-OH is 1. The van der Waals surface area contributed by atoms with Gasteiger partial charge in [0.1, 0.15) is 0 Å². The van der Waals surface area contributed by atoms with Gasteiger partial charge in [0.2, 0.25) is 0 Å². The van der Waals surface area contributed by atoms with Crippen LogP contribution < -0.4 is 10.2 Å². The lowest BCUT2D eigenvalue weighted by molar-refractivity contribution is 0.0798. The zero-order valence-corrected chi connectivity index (χ0v) is 13.7. The van der Waals surface area contributed by atoms with Crippen LogP contribution in [0.2, 0.25) is 0 Å². The van der Waals surface area contributed by atoms with Gasteiger partial charge < -0.3 is 20.2 Å². The van der Waals surface area contributed by atoms with Crippen LogP contribution in [0.1, 0.15) is 25.3 Å². The molecule has 0 aliphatic carbocycles. The molecule has 1 heterocycles. The van der Waals surface area contributed by atoms with Crippen molar-refractivity contribution < 1.29 is 9.90 Å². The molecule has 1 saturated heterocycles. The zero-order valence-electron chi connectivity index (χ0n) is 13.7. The highest BCUT2D eigenvalue weighted by Gasteiger charge is 2.25. The fraction of sp³-hybridized carbons (Fsp3) is 0.588. The summed E-state index contributed by atoms with van der Waals surface area (Å²) in [6, 6.07) is 8.16. The second-order valence-corrected chi connectivity index (χ2v) is 6.28. The maximum absolute atomic E-state index is 12.2. The highest BCUT2D eigenvalue weighted by Crippen LogP contribution is 2.20. The zero-order chi connectivity index (χ0) is 16.1. The number of rotatable bonds is 4. The Hall–Kier alpha value is -1.75. The maximum atomic E-state index is 12.2. The van der Waals surface area contributed by atoms with Gasteiger partial charge in [-0.05, 0) is 43.4 Å². The Kier molecular flexibility index (Phi) is 5.66. The molecule has 122 valence electrons. The molecule has 0 saturated carbocycles. The Morgan fingerprint density at radius 2 is 1.91 bits per heavy atom. The number of piperidine rings is 1. The van der Waals surface area contributed by atoms with Gasteiger partial charge in [-0.1, -0.05) is 12.1 Å². The third-order valence-corrected chi connectivity index (χ3v) is 4.41. The number of nitrogens with zero attached hydrogens (tertiary/aromatic N) is 2. The number of hydrogen-bond donors (Lipinski definition) is 2. The largest absolute Gasteiger partial charge is 0.393 e. The average Bonchev–Trinajstić information content (AvgIpc) is 2.53. The smallest absolute Gasteiger partial charge is 0.317 e. The molecule has 1 unspecified atom stereocenters. The fourth-order valence-electron chi connectivity index (χ4n) is 2.79. The number of aliphatic hydroxyl groups is 1. The summed E-state index contributed by atoms with van der Waals surface area (Å²) in [4.78, 5) is 16.1. The van der Waals surface area contributed by atoms with Crippen molar-refractivity contribution in [3.63, 3.8) is 0 Å². The third-order valence-electron chi connectivity index (χ3n) is 4.41. The van der Waals surface area contributed by atoms with Gasteiger partial charge in [-0.15, -0.1) is 0 Å². The predicted molar refractivity (Wildman–Crippen MR) is 89.0 cm³/mol. The van der Waals surface area contributed by atoms with Gasteiger partial charge in [0.25, 0.3) is 0 Å². The number of carbonyl (C=O) groups excluding carboxylic acids is 1. The molecule has 1 aliphatic heterocycles. The minimum absolute atomic E-state index is 0.0132. The number of anilines is 1. The predicted octanol–water partition coefficient (Wildman–Crippen LogP) is 2.05. The monoisotopic (exact) mass is 305 g/mol. The highest BCUT2D eigenvalue weighted by atomic mass is 16.3. The molecule has 0 bridgehead atoms. The van der Waals surface area contributed by atoms with Crippen LogP contribution in [-0.4, -0.2) is 49.3 Å². The topological polar surface area (TPSA) is 55.8 Å². The summed E-state index contributed by atoms with van der Waals surface area (Å²) in [5.74, 6) is 0.322. The lowest BCUT2D eigenvalue weighted by Crippen LogP contribution is -2.45. The molecule has 2 amide bonds. The lowest BCUT2D eigenvalue weighted by atomic mass is 9.92. The molecule has 0 spiro atoms. The van der Waals surface area contributed by atoms with Gasteiger partial charge >= 0.3 is 6.03 Å². The first kappa shape index (κ1) is 16.6. The van der Waals surface area contributed by atoms with Crippen molar-refractivity contribution in [1.82, 2.24) is 10.2 Å². The molecule has 1 fully saturated rings. The van der Waals surface area contributed by atoms with E-state index >= 15 is 0 Å². The molecular weight excluding hydrogens is 278 g/mol. The molecule has 0 aromatic heterocycles. The molecule has 1 aromatic rings. The Labute approximate surface area is 132 Å². The lowest BCUT2D eigenvalue weighted by Gasteiger charge is -2.33. The molecule has 0 radical (unpaired) electrons. The van der Waals surface area contributed by atoms with Crippen molar-refractivity contribution in [3.05, 3.63) is 29.8 Å². The van der Waals surface area contributed by atoms with E-state index in [1.165, 1.54) is 0 Å². The minimum Gasteiger partial charge on any atom is -0.393 e. The van der Waals surface area contributed by atoms with Crippen LogP contribution in [0.25, 0.3) is 0 Å². The number of amides is 2. The molecule has 22 heavy (non-hydrogen) atoms. The van der Waals surface area contributed by atoms with Crippen molar-refractivity contribution >= 4 is 11.7 Å². The molecule has 2 rings (SSSR count). The first-order valence-electron chi connectivity index (χ1n) is 7.94. The van der Waals surface area contributed by atoms with Gasteiger partial charge in [0.05, 0.1) is 6.10 Å². The number of likely N-dealkylation sites (tertiary alicyclic amines) is 1. The summed E-state index contributed by atoms with van der Waals surface area (Å²) in [7, 11) is 4.02. The molecule has 1 atom stereocenters. The minimum atomic E-state index is -0.277. The van der Waals surface area contributed by atoms with E-state index < -0.39 is 0 Å². The summed E-state index contributed by atoms with van der Waals surface area (Å²) >= 11 is 0. The van der Waals surface area contributed by atoms with E-state index in [2.05, 4.69) is 22.3 Å². The Balaban J connectivity index is 1.78. The molecule has 1 aliphatic rings. The molecule has 5 nitrogen and oxygen atoms in total. The standard InChI is InChI=1S/C17H27N3O2/c1-13(21)15-8-10-20(11-9-15)17(22)18-12-14-4-6-16(7-5-14)19(2)3/h4-7,13,15,21H,8-12H2,1-3H3,(H,18,22). The molecule has 1 aromatic carbocycles. The Bertz CT molecular complexity index is 477. The third kappa shape index (κ3) is 4.37. The first-order chi connectivity index (χ1) is 10.5. The van der Waals surface area contributed by atoms with Gasteiger partial charge in [0.15, 0.2) is 0 Å². The normalized spacial score (nSPS) is 17.2. The van der Waals surface area contributed by atoms with E-state index in [-0.39, 0.29) is 12.1 Å².